The van der Waals surface area contributed by atoms with Gasteiger partial charge in [-0.25, -0.2) is 0 Å². The van der Waals surface area contributed by atoms with Gasteiger partial charge < -0.3 is 25.0 Å². The Hall–Kier alpha value is -3.51. The van der Waals surface area contributed by atoms with Crippen molar-refractivity contribution in [1.82, 2.24) is 5.32 Å². The van der Waals surface area contributed by atoms with E-state index in [1.165, 1.54) is 0 Å². The molecule has 0 heterocycles. The van der Waals surface area contributed by atoms with Crippen molar-refractivity contribution in [2.24, 2.45) is 0 Å². The molecule has 0 aliphatic carbocycles. The van der Waals surface area contributed by atoms with Gasteiger partial charge in [0.1, 0.15) is 11.5 Å². The fraction of sp³-hybridized carbons (Fsp3) is 0.269. The maximum atomic E-state index is 12.8. The Morgan fingerprint density at radius 2 is 1.75 bits per heavy atom. The number of carbonyl (C=O) groups is 1. The molecule has 0 aliphatic rings. The fourth-order valence-corrected chi connectivity index (χ4v) is 3.26. The van der Waals surface area contributed by atoms with Crippen LogP contribution in [0.4, 0.5) is 11.4 Å². The van der Waals surface area contributed by atoms with Crippen molar-refractivity contribution in [3.63, 3.8) is 0 Å². The van der Waals surface area contributed by atoms with E-state index in [9.17, 15) is 4.79 Å². The van der Waals surface area contributed by atoms with Gasteiger partial charge in [-0.15, -0.1) is 0 Å². The van der Waals surface area contributed by atoms with Gasteiger partial charge in [0.05, 0.1) is 26.0 Å². The number of anilines is 2. The third-order valence-corrected chi connectivity index (χ3v) is 4.85. The highest BCUT2D eigenvalue weighted by Gasteiger charge is 2.20. The van der Waals surface area contributed by atoms with Gasteiger partial charge in [0, 0.05) is 12.6 Å². The third-order valence-electron chi connectivity index (χ3n) is 4.85. The number of benzene rings is 3. The monoisotopic (exact) mass is 435 g/mol. The van der Waals surface area contributed by atoms with E-state index < -0.39 is 0 Å². The number of nitrogens with zero attached hydrogens (tertiary/aromatic N) is 1. The molecule has 0 radical (unpaired) electrons. The van der Waals surface area contributed by atoms with Crippen molar-refractivity contribution < 1.29 is 14.3 Å². The molecule has 6 heteroatoms. The number of methoxy groups -OCH3 is 1. The first-order valence-corrected chi connectivity index (χ1v) is 10.2. The van der Waals surface area contributed by atoms with E-state index in [4.69, 9.17) is 9.47 Å². The summed E-state index contributed by atoms with van der Waals surface area (Å²) in [7, 11) is 3.51. The number of hydrogen-bond donors (Lipinski definition) is 2. The predicted molar refractivity (Wildman–Crippen MR) is 132 cm³/mol. The van der Waals surface area contributed by atoms with Gasteiger partial charge in [-0.1, -0.05) is 31.7 Å². The van der Waals surface area contributed by atoms with E-state index in [1.807, 2.05) is 80.7 Å². The average molecular weight is 436 g/mol. The summed E-state index contributed by atoms with van der Waals surface area (Å²) in [5.41, 5.74) is 3.64. The Morgan fingerprint density at radius 1 is 1.00 bits per heavy atom. The predicted octanol–water partition coefficient (Wildman–Crippen LogP) is 5.57. The summed E-state index contributed by atoms with van der Waals surface area (Å²) in [6, 6.07) is 21.2. The number of carbonyl (C=O) groups excluding carboxylic acids is 1. The minimum atomic E-state index is -0.0779. The van der Waals surface area contributed by atoms with Crippen molar-refractivity contribution in [3.05, 3.63) is 77.9 Å². The van der Waals surface area contributed by atoms with Crippen molar-refractivity contribution in [3.8, 4) is 17.2 Å². The summed E-state index contributed by atoms with van der Waals surface area (Å²) < 4.78 is 11.5. The van der Waals surface area contributed by atoms with E-state index in [-0.39, 0.29) is 13.3 Å². The third kappa shape index (κ3) is 6.25. The Balaban J connectivity index is 0.00000363. The standard InChI is InChI=1S/C25H29N3O3.CH4/c1-18-10-13-25(31-21-8-6-5-7-9-21)24(14-18)28(19(2)29)16-20-15-22(30-4)11-12-23(20)27-17-26-3;/h5-15,26-27H,16-17H2,1-4H3;1H4. The molecule has 170 valence electrons. The smallest absolute Gasteiger partial charge is 0.224 e. The number of nitrogens with one attached hydrogen (secondary N) is 2. The second-order valence-electron chi connectivity index (χ2n) is 7.22. The normalized spacial score (nSPS) is 10.1. The lowest BCUT2D eigenvalue weighted by Gasteiger charge is -2.26. The zero-order valence-corrected chi connectivity index (χ0v) is 18.4. The molecule has 0 spiro atoms. The van der Waals surface area contributed by atoms with Gasteiger partial charge in [-0.2, -0.15) is 0 Å². The lowest BCUT2D eigenvalue weighted by Crippen LogP contribution is -2.29. The number of rotatable bonds is 9. The molecule has 3 rings (SSSR count). The highest BCUT2D eigenvalue weighted by molar-refractivity contribution is 5.93. The molecular weight excluding hydrogens is 402 g/mol. The lowest BCUT2D eigenvalue weighted by molar-refractivity contribution is -0.116. The van der Waals surface area contributed by atoms with Gasteiger partial charge in [-0.05, 0) is 67.6 Å². The van der Waals surface area contributed by atoms with Crippen molar-refractivity contribution in [1.29, 1.82) is 0 Å². The van der Waals surface area contributed by atoms with Crippen LogP contribution in [0.1, 0.15) is 25.5 Å². The molecule has 32 heavy (non-hydrogen) atoms. The summed E-state index contributed by atoms with van der Waals surface area (Å²) in [4.78, 5) is 14.5. The molecule has 3 aromatic carbocycles. The largest absolute Gasteiger partial charge is 0.497 e. The highest BCUT2D eigenvalue weighted by atomic mass is 16.5. The molecule has 6 nitrogen and oxygen atoms in total. The summed E-state index contributed by atoms with van der Waals surface area (Å²) in [5, 5.41) is 6.42. The van der Waals surface area contributed by atoms with E-state index in [0.29, 0.717) is 24.7 Å². The molecule has 0 saturated heterocycles. The molecule has 0 aliphatic heterocycles. The SMILES string of the molecule is C.CNCNc1ccc(OC)cc1CN(C(C)=O)c1cc(C)ccc1Oc1ccccc1. The Bertz CT molecular complexity index is 1020. The second kappa shape index (κ2) is 11.8. The molecule has 0 fully saturated rings. The van der Waals surface area contributed by atoms with Gasteiger partial charge in [-0.3, -0.25) is 4.79 Å². The summed E-state index contributed by atoms with van der Waals surface area (Å²) in [5.74, 6) is 2.00. The van der Waals surface area contributed by atoms with Gasteiger partial charge in [0.25, 0.3) is 0 Å². The van der Waals surface area contributed by atoms with E-state index in [0.717, 1.165) is 28.3 Å². The quantitative estimate of drug-likeness (QED) is 0.430. The second-order valence-corrected chi connectivity index (χ2v) is 7.22. The Kier molecular flexibility index (Phi) is 9.10. The zero-order valence-electron chi connectivity index (χ0n) is 18.4. The van der Waals surface area contributed by atoms with E-state index >= 15 is 0 Å². The molecule has 0 bridgehead atoms. The van der Waals surface area contributed by atoms with E-state index in [2.05, 4.69) is 10.6 Å². The molecule has 0 saturated carbocycles. The fourth-order valence-electron chi connectivity index (χ4n) is 3.26. The first-order valence-electron chi connectivity index (χ1n) is 10.2. The van der Waals surface area contributed by atoms with E-state index in [1.54, 1.807) is 18.9 Å². The topological polar surface area (TPSA) is 62.8 Å². The van der Waals surface area contributed by atoms with Crippen LogP contribution < -0.4 is 25.0 Å². The average Bonchev–Trinajstić information content (AvgIpc) is 2.78. The van der Waals surface area contributed by atoms with Crippen LogP contribution in [-0.2, 0) is 11.3 Å². The van der Waals surface area contributed by atoms with Crippen molar-refractivity contribution in [2.45, 2.75) is 27.8 Å². The Morgan fingerprint density at radius 3 is 2.41 bits per heavy atom. The molecular formula is C26H33N3O3. The molecule has 1 amide bonds. The number of ether oxygens (including phenoxy) is 2. The summed E-state index contributed by atoms with van der Waals surface area (Å²) in [6.45, 7) is 4.54. The van der Waals surface area contributed by atoms with Crippen LogP contribution in [0.15, 0.2) is 66.7 Å². The molecule has 2 N–H and O–H groups in total. The minimum absolute atomic E-state index is 0. The van der Waals surface area contributed by atoms with Crippen LogP contribution in [0.5, 0.6) is 17.2 Å². The Labute approximate surface area is 191 Å². The highest BCUT2D eigenvalue weighted by Crippen LogP contribution is 2.35. The number of aryl methyl sites for hydroxylation is 1. The van der Waals surface area contributed by atoms with Crippen LogP contribution in [-0.4, -0.2) is 26.7 Å². The van der Waals surface area contributed by atoms with Crippen molar-refractivity contribution in [2.75, 3.05) is 31.0 Å². The van der Waals surface area contributed by atoms with Crippen LogP contribution in [0.25, 0.3) is 0 Å². The summed E-state index contributed by atoms with van der Waals surface area (Å²) in [6.07, 6.45) is 0. The first kappa shape index (κ1) is 24.8. The number of hydrogen-bond acceptors (Lipinski definition) is 5. The first-order chi connectivity index (χ1) is 15.0. The molecule has 0 unspecified atom stereocenters. The van der Waals surface area contributed by atoms with Crippen LogP contribution in [0, 0.1) is 6.92 Å². The van der Waals surface area contributed by atoms with Gasteiger partial charge >= 0.3 is 0 Å². The molecule has 0 atom stereocenters. The lowest BCUT2D eigenvalue weighted by atomic mass is 10.1. The maximum absolute atomic E-state index is 12.8. The zero-order chi connectivity index (χ0) is 22.2. The van der Waals surface area contributed by atoms with Gasteiger partial charge in [0.15, 0.2) is 5.75 Å². The van der Waals surface area contributed by atoms with Crippen LogP contribution >= 0.6 is 0 Å². The van der Waals surface area contributed by atoms with Crippen molar-refractivity contribution >= 4 is 17.3 Å². The molecule has 0 aromatic heterocycles. The minimum Gasteiger partial charge on any atom is -0.497 e. The molecule has 3 aromatic rings. The van der Waals surface area contributed by atoms with Crippen LogP contribution in [0.2, 0.25) is 0 Å². The van der Waals surface area contributed by atoms with Crippen LogP contribution in [0.3, 0.4) is 0 Å². The number of para-hydroxylation sites is 1. The summed E-state index contributed by atoms with van der Waals surface area (Å²) >= 11 is 0. The number of amides is 1. The maximum Gasteiger partial charge on any atom is 0.224 e. The van der Waals surface area contributed by atoms with Gasteiger partial charge in [0.2, 0.25) is 5.91 Å².